The van der Waals surface area contributed by atoms with Crippen molar-refractivity contribution in [3.05, 3.63) is 23.1 Å². The van der Waals surface area contributed by atoms with Crippen molar-refractivity contribution >= 4 is 34.1 Å². The second-order valence-corrected chi connectivity index (χ2v) is 4.25. The number of hydrogen-bond donors (Lipinski definition) is 1. The van der Waals surface area contributed by atoms with Gasteiger partial charge in [0.2, 0.25) is 0 Å². The van der Waals surface area contributed by atoms with Gasteiger partial charge in [-0.05, 0) is 18.2 Å². The van der Waals surface area contributed by atoms with Crippen LogP contribution in [0.2, 0.25) is 0 Å². The fourth-order valence-corrected chi connectivity index (χ4v) is 2.59. The summed E-state index contributed by atoms with van der Waals surface area (Å²) in [6, 6.07) is 7.85. The van der Waals surface area contributed by atoms with Crippen LogP contribution in [0, 0.1) is 11.3 Å². The Hall–Kier alpha value is -1.18. The molecule has 1 aromatic heterocycles. The molecule has 0 amide bonds. The molecule has 0 radical (unpaired) electrons. The number of thiol groups is 1. The lowest BCUT2D eigenvalue weighted by Crippen LogP contribution is -1.80. The highest BCUT2D eigenvalue weighted by Gasteiger charge is 2.08. The predicted octanol–water partition coefficient (Wildman–Crippen LogP) is 3.07. The fraction of sp³-hybridized carbons (Fsp3) is 0.100. The maximum absolute atomic E-state index is 8.83. The minimum Gasteiger partial charge on any atom is -0.497 e. The molecule has 4 heteroatoms. The van der Waals surface area contributed by atoms with E-state index < -0.39 is 0 Å². The topological polar surface area (TPSA) is 33.0 Å². The molecule has 2 aromatic rings. The molecule has 0 bridgehead atoms. The Balaban J connectivity index is 2.76. The summed E-state index contributed by atoms with van der Waals surface area (Å²) in [6.45, 7) is 0. The van der Waals surface area contributed by atoms with Gasteiger partial charge in [0, 0.05) is 15.0 Å². The first-order chi connectivity index (χ1) is 6.76. The summed E-state index contributed by atoms with van der Waals surface area (Å²) in [5.74, 6) is 0.787. The summed E-state index contributed by atoms with van der Waals surface area (Å²) in [5, 5.41) is 9.81. The van der Waals surface area contributed by atoms with Crippen molar-refractivity contribution in [3.8, 4) is 11.8 Å². The molecule has 70 valence electrons. The minimum absolute atomic E-state index is 0.650. The Kier molecular flexibility index (Phi) is 2.36. The minimum atomic E-state index is 0.650. The van der Waals surface area contributed by atoms with Crippen LogP contribution in [0.4, 0.5) is 0 Å². The van der Waals surface area contributed by atoms with Crippen LogP contribution in [-0.4, -0.2) is 7.11 Å². The summed E-state index contributed by atoms with van der Waals surface area (Å²) in [7, 11) is 1.62. The summed E-state index contributed by atoms with van der Waals surface area (Å²) in [5.41, 5.74) is 0. The van der Waals surface area contributed by atoms with Gasteiger partial charge in [-0.2, -0.15) is 5.26 Å². The number of nitriles is 1. The monoisotopic (exact) mass is 221 g/mol. The van der Waals surface area contributed by atoms with Gasteiger partial charge in [0.1, 0.15) is 16.7 Å². The molecule has 0 atom stereocenters. The number of benzene rings is 1. The van der Waals surface area contributed by atoms with Gasteiger partial charge in [-0.15, -0.1) is 24.0 Å². The zero-order valence-electron chi connectivity index (χ0n) is 7.44. The molecule has 0 aliphatic carbocycles. The first-order valence-electron chi connectivity index (χ1n) is 3.96. The Morgan fingerprint density at radius 2 is 2.29 bits per heavy atom. The number of thiophene rings is 1. The third-order valence-electron chi connectivity index (χ3n) is 1.97. The highest BCUT2D eigenvalue weighted by molar-refractivity contribution is 7.80. The maximum atomic E-state index is 8.83. The molecule has 0 aliphatic rings. The third kappa shape index (κ3) is 1.35. The summed E-state index contributed by atoms with van der Waals surface area (Å²) < 4.78 is 6.17. The Morgan fingerprint density at radius 3 is 2.93 bits per heavy atom. The first kappa shape index (κ1) is 9.38. The van der Waals surface area contributed by atoms with Gasteiger partial charge in [0.15, 0.2) is 0 Å². The largest absolute Gasteiger partial charge is 0.497 e. The summed E-state index contributed by atoms with van der Waals surface area (Å²) in [4.78, 5) is 1.39. The maximum Gasteiger partial charge on any atom is 0.119 e. The quantitative estimate of drug-likeness (QED) is 0.751. The molecule has 0 spiro atoms. The van der Waals surface area contributed by atoms with Gasteiger partial charge < -0.3 is 4.74 Å². The number of fused-ring (bicyclic) bond motifs is 1. The van der Waals surface area contributed by atoms with E-state index in [1.807, 2.05) is 18.2 Å². The van der Waals surface area contributed by atoms with E-state index in [1.165, 1.54) is 11.3 Å². The fourth-order valence-electron chi connectivity index (χ4n) is 1.27. The second kappa shape index (κ2) is 3.52. The van der Waals surface area contributed by atoms with Crippen LogP contribution in [-0.2, 0) is 0 Å². The Morgan fingerprint density at radius 1 is 1.50 bits per heavy atom. The second-order valence-electron chi connectivity index (χ2n) is 2.75. The van der Waals surface area contributed by atoms with Crippen molar-refractivity contribution < 1.29 is 4.74 Å². The van der Waals surface area contributed by atoms with E-state index in [9.17, 15) is 0 Å². The number of hydrogen-bond acceptors (Lipinski definition) is 4. The average molecular weight is 221 g/mol. The molecule has 2 nitrogen and oxygen atoms in total. The van der Waals surface area contributed by atoms with Crippen molar-refractivity contribution in [1.82, 2.24) is 0 Å². The van der Waals surface area contributed by atoms with Gasteiger partial charge in [0.05, 0.1) is 7.11 Å². The highest BCUT2D eigenvalue weighted by Crippen LogP contribution is 2.35. The van der Waals surface area contributed by atoms with Crippen molar-refractivity contribution in [2.45, 2.75) is 4.90 Å². The van der Waals surface area contributed by atoms with Gasteiger partial charge >= 0.3 is 0 Å². The van der Waals surface area contributed by atoms with Crippen molar-refractivity contribution in [1.29, 1.82) is 5.26 Å². The lowest BCUT2D eigenvalue weighted by atomic mass is 10.2. The van der Waals surface area contributed by atoms with Crippen LogP contribution < -0.4 is 4.74 Å². The molecular weight excluding hydrogens is 214 g/mol. The van der Waals surface area contributed by atoms with Gasteiger partial charge in [-0.3, -0.25) is 0 Å². The molecule has 0 fully saturated rings. The molecule has 0 aliphatic heterocycles. The van der Waals surface area contributed by atoms with Gasteiger partial charge in [0.25, 0.3) is 0 Å². The van der Waals surface area contributed by atoms with Crippen LogP contribution >= 0.6 is 24.0 Å². The van der Waals surface area contributed by atoms with E-state index in [-0.39, 0.29) is 0 Å². The first-order valence-corrected chi connectivity index (χ1v) is 5.22. The lowest BCUT2D eigenvalue weighted by molar-refractivity contribution is 0.415. The molecule has 1 aromatic carbocycles. The SMILES string of the molecule is COc1ccc2sc(C#N)c(S)c2c1. The van der Waals surface area contributed by atoms with Gasteiger partial charge in [-0.25, -0.2) is 0 Å². The van der Waals surface area contributed by atoms with Crippen molar-refractivity contribution in [2.24, 2.45) is 0 Å². The Bertz CT molecular complexity index is 525. The van der Waals surface area contributed by atoms with E-state index in [0.29, 0.717) is 4.88 Å². The average Bonchev–Trinajstić information content (AvgIpc) is 2.55. The molecule has 0 N–H and O–H groups in total. The molecule has 2 rings (SSSR count). The van der Waals surface area contributed by atoms with E-state index in [2.05, 4.69) is 18.7 Å². The van der Waals surface area contributed by atoms with Crippen LogP contribution in [0.15, 0.2) is 23.1 Å². The van der Waals surface area contributed by atoms with E-state index in [1.54, 1.807) is 7.11 Å². The van der Waals surface area contributed by atoms with Gasteiger partial charge in [-0.1, -0.05) is 0 Å². The Labute approximate surface area is 91.1 Å². The number of nitrogens with zero attached hydrogens (tertiary/aromatic N) is 1. The van der Waals surface area contributed by atoms with Crippen molar-refractivity contribution in [2.75, 3.05) is 7.11 Å². The van der Waals surface area contributed by atoms with Crippen LogP contribution in [0.1, 0.15) is 4.88 Å². The zero-order valence-corrected chi connectivity index (χ0v) is 9.15. The van der Waals surface area contributed by atoms with E-state index in [0.717, 1.165) is 20.7 Å². The zero-order chi connectivity index (χ0) is 10.1. The molecule has 14 heavy (non-hydrogen) atoms. The number of methoxy groups -OCH3 is 1. The van der Waals surface area contributed by atoms with Crippen LogP contribution in [0.3, 0.4) is 0 Å². The lowest BCUT2D eigenvalue weighted by Gasteiger charge is -1.98. The number of ether oxygens (including phenoxy) is 1. The molecule has 1 heterocycles. The summed E-state index contributed by atoms with van der Waals surface area (Å²) >= 11 is 5.76. The summed E-state index contributed by atoms with van der Waals surface area (Å²) in [6.07, 6.45) is 0. The molecule has 0 saturated heterocycles. The molecule has 0 unspecified atom stereocenters. The van der Waals surface area contributed by atoms with Crippen LogP contribution in [0.5, 0.6) is 5.75 Å². The molecule has 0 saturated carbocycles. The standard InChI is InChI=1S/C10H7NOS2/c1-12-6-2-3-8-7(4-6)10(13)9(5-11)14-8/h2-4,13H,1H3. The smallest absolute Gasteiger partial charge is 0.119 e. The van der Waals surface area contributed by atoms with Crippen molar-refractivity contribution in [3.63, 3.8) is 0 Å². The van der Waals surface area contributed by atoms with Crippen LogP contribution in [0.25, 0.3) is 10.1 Å². The molecular formula is C10H7NOS2. The normalized spacial score (nSPS) is 10.1. The third-order valence-corrected chi connectivity index (χ3v) is 3.66. The highest BCUT2D eigenvalue weighted by atomic mass is 32.1. The van der Waals surface area contributed by atoms with E-state index >= 15 is 0 Å². The van der Waals surface area contributed by atoms with E-state index in [4.69, 9.17) is 10.00 Å². The number of rotatable bonds is 1. The predicted molar refractivity (Wildman–Crippen MR) is 60.3 cm³/mol.